The van der Waals surface area contributed by atoms with E-state index < -0.39 is 0 Å². The molecule has 34 heavy (non-hydrogen) atoms. The summed E-state index contributed by atoms with van der Waals surface area (Å²) in [6.07, 6.45) is 0. The van der Waals surface area contributed by atoms with Crippen LogP contribution in [-0.4, -0.2) is 19.2 Å². The molecule has 5 rings (SSSR count). The second kappa shape index (κ2) is 9.63. The van der Waals surface area contributed by atoms with E-state index in [9.17, 15) is 0 Å². The molecule has 0 N–H and O–H groups in total. The second-order valence-electron chi connectivity index (χ2n) is 7.91. The quantitative estimate of drug-likeness (QED) is 0.269. The maximum Gasteiger partial charge on any atom is 0.126 e. The number of para-hydroxylation sites is 2. The Balaban J connectivity index is 1.89. The molecule has 0 unspecified atom stereocenters. The summed E-state index contributed by atoms with van der Waals surface area (Å²) in [7, 11) is 3.40. The molecule has 0 saturated heterocycles. The number of methoxy groups -OCH3 is 2. The van der Waals surface area contributed by atoms with Gasteiger partial charge in [0.05, 0.1) is 25.6 Å². The van der Waals surface area contributed by atoms with Gasteiger partial charge in [0.15, 0.2) is 0 Å². The molecule has 4 aromatic carbocycles. The average Bonchev–Trinajstić information content (AvgIpc) is 2.93. The van der Waals surface area contributed by atoms with E-state index in [0.717, 1.165) is 56.3 Å². The highest BCUT2D eigenvalue weighted by molar-refractivity contribution is 5.93. The van der Waals surface area contributed by atoms with E-state index in [1.165, 1.54) is 0 Å². The molecule has 0 radical (unpaired) electrons. The van der Waals surface area contributed by atoms with Gasteiger partial charge in [-0.1, -0.05) is 97.1 Å². The van der Waals surface area contributed by atoms with Crippen molar-refractivity contribution in [3.63, 3.8) is 0 Å². The summed E-state index contributed by atoms with van der Waals surface area (Å²) in [5.74, 6) is 1.61. The summed E-state index contributed by atoms with van der Waals surface area (Å²) in [5.41, 5.74) is 7.90. The minimum Gasteiger partial charge on any atom is -0.496 e. The first-order valence-corrected chi connectivity index (χ1v) is 11.2. The van der Waals surface area contributed by atoms with Crippen molar-refractivity contribution < 1.29 is 9.47 Å². The molecule has 5 aromatic rings. The Kier molecular flexibility index (Phi) is 6.09. The van der Waals surface area contributed by atoms with Crippen molar-refractivity contribution >= 4 is 0 Å². The summed E-state index contributed by atoms with van der Waals surface area (Å²) in [6.45, 7) is 0. The third-order valence-electron chi connectivity index (χ3n) is 5.91. The molecule has 3 heteroatoms. The highest BCUT2D eigenvalue weighted by Crippen LogP contribution is 2.44. The largest absolute Gasteiger partial charge is 0.496 e. The van der Waals surface area contributed by atoms with E-state index in [4.69, 9.17) is 14.5 Å². The van der Waals surface area contributed by atoms with Crippen LogP contribution in [0.25, 0.3) is 44.8 Å². The van der Waals surface area contributed by atoms with Gasteiger partial charge in [-0.2, -0.15) is 0 Å². The zero-order valence-electron chi connectivity index (χ0n) is 19.2. The first-order chi connectivity index (χ1) is 16.8. The highest BCUT2D eigenvalue weighted by atomic mass is 16.5. The van der Waals surface area contributed by atoms with Crippen molar-refractivity contribution in [1.82, 2.24) is 4.98 Å². The third-order valence-corrected chi connectivity index (χ3v) is 5.91. The molecule has 0 aliphatic carbocycles. The van der Waals surface area contributed by atoms with E-state index in [-0.39, 0.29) is 0 Å². The number of pyridine rings is 1. The summed E-state index contributed by atoms with van der Waals surface area (Å²) in [4.78, 5) is 5.31. The van der Waals surface area contributed by atoms with E-state index in [1.54, 1.807) is 14.2 Å². The number of hydrogen-bond acceptors (Lipinski definition) is 3. The summed E-state index contributed by atoms with van der Waals surface area (Å²) in [5, 5.41) is 0. The Bertz CT molecular complexity index is 1310. The lowest BCUT2D eigenvalue weighted by molar-refractivity contribution is 0.416. The minimum atomic E-state index is 0.805. The molecule has 0 aliphatic rings. The monoisotopic (exact) mass is 443 g/mol. The Morgan fingerprint density at radius 3 is 1.24 bits per heavy atom. The zero-order valence-corrected chi connectivity index (χ0v) is 19.2. The lowest BCUT2D eigenvalue weighted by atomic mass is 9.91. The first-order valence-electron chi connectivity index (χ1n) is 11.2. The Hall–Kier alpha value is -4.37. The van der Waals surface area contributed by atoms with Crippen molar-refractivity contribution in [2.24, 2.45) is 0 Å². The van der Waals surface area contributed by atoms with E-state index in [0.29, 0.717) is 0 Å². The molecule has 3 nitrogen and oxygen atoms in total. The van der Waals surface area contributed by atoms with Gasteiger partial charge in [0.2, 0.25) is 0 Å². The number of rotatable bonds is 6. The van der Waals surface area contributed by atoms with Gasteiger partial charge in [-0.3, -0.25) is 0 Å². The molecule has 166 valence electrons. The van der Waals surface area contributed by atoms with Crippen molar-refractivity contribution in [2.45, 2.75) is 0 Å². The van der Waals surface area contributed by atoms with E-state index >= 15 is 0 Å². The van der Waals surface area contributed by atoms with Gasteiger partial charge >= 0.3 is 0 Å². The van der Waals surface area contributed by atoms with Gasteiger partial charge in [0.25, 0.3) is 0 Å². The van der Waals surface area contributed by atoms with Crippen LogP contribution in [0.3, 0.4) is 0 Å². The van der Waals surface area contributed by atoms with Gasteiger partial charge in [-0.05, 0) is 18.2 Å². The number of ether oxygens (including phenoxy) is 2. The molecule has 0 atom stereocenters. The van der Waals surface area contributed by atoms with Crippen LogP contribution in [0.2, 0.25) is 0 Å². The lowest BCUT2D eigenvalue weighted by Gasteiger charge is -2.19. The summed E-state index contributed by atoms with van der Waals surface area (Å²) in [6, 6.07) is 39.0. The smallest absolute Gasteiger partial charge is 0.126 e. The first kappa shape index (κ1) is 21.5. The summed E-state index contributed by atoms with van der Waals surface area (Å²) >= 11 is 0. The van der Waals surface area contributed by atoms with E-state index in [2.05, 4.69) is 42.5 Å². The third kappa shape index (κ3) is 4.04. The SMILES string of the molecule is COc1ccccc1-c1cc(-c2ccccc2OC)c(-c2ccccc2)nc1-c1ccccc1. The van der Waals surface area contributed by atoms with Crippen LogP contribution in [0.15, 0.2) is 115 Å². The molecular weight excluding hydrogens is 418 g/mol. The van der Waals surface area contributed by atoms with Crippen molar-refractivity contribution in [3.05, 3.63) is 115 Å². The maximum atomic E-state index is 5.74. The number of nitrogens with zero attached hydrogens (tertiary/aromatic N) is 1. The van der Waals surface area contributed by atoms with Gasteiger partial charge < -0.3 is 9.47 Å². The van der Waals surface area contributed by atoms with Crippen LogP contribution in [0.5, 0.6) is 11.5 Å². The molecule has 1 heterocycles. The molecular formula is C31H25NO2. The molecule has 0 fully saturated rings. The van der Waals surface area contributed by atoms with E-state index in [1.807, 2.05) is 72.8 Å². The van der Waals surface area contributed by atoms with Crippen LogP contribution in [0, 0.1) is 0 Å². The van der Waals surface area contributed by atoms with Crippen LogP contribution >= 0.6 is 0 Å². The van der Waals surface area contributed by atoms with Gasteiger partial charge in [0, 0.05) is 33.4 Å². The fraction of sp³-hybridized carbons (Fsp3) is 0.0645. The Morgan fingerprint density at radius 1 is 0.441 bits per heavy atom. The molecule has 0 spiro atoms. The highest BCUT2D eigenvalue weighted by Gasteiger charge is 2.20. The van der Waals surface area contributed by atoms with Gasteiger partial charge in [-0.25, -0.2) is 4.98 Å². The lowest BCUT2D eigenvalue weighted by Crippen LogP contribution is -1.99. The number of benzene rings is 4. The topological polar surface area (TPSA) is 31.4 Å². The summed E-state index contributed by atoms with van der Waals surface area (Å²) < 4.78 is 11.5. The van der Waals surface area contributed by atoms with Crippen LogP contribution in [-0.2, 0) is 0 Å². The molecule has 1 aromatic heterocycles. The Morgan fingerprint density at radius 2 is 0.824 bits per heavy atom. The molecule has 0 amide bonds. The minimum absolute atomic E-state index is 0.805. The van der Waals surface area contributed by atoms with Crippen LogP contribution < -0.4 is 9.47 Å². The van der Waals surface area contributed by atoms with Gasteiger partial charge in [-0.15, -0.1) is 0 Å². The maximum absolute atomic E-state index is 5.74. The fourth-order valence-electron chi connectivity index (χ4n) is 4.29. The standard InChI is InChI=1S/C31H25NO2/c1-33-28-19-11-9-17-24(28)26-21-27(25-18-10-12-20-29(25)34-2)31(23-15-7-4-8-16-23)32-30(26)22-13-5-3-6-14-22/h3-21H,1-2H3. The van der Waals surface area contributed by atoms with Crippen LogP contribution in [0.1, 0.15) is 0 Å². The van der Waals surface area contributed by atoms with Crippen molar-refractivity contribution in [3.8, 4) is 56.3 Å². The van der Waals surface area contributed by atoms with Crippen molar-refractivity contribution in [1.29, 1.82) is 0 Å². The molecule has 0 aliphatic heterocycles. The normalized spacial score (nSPS) is 10.6. The number of aromatic nitrogens is 1. The fourth-order valence-corrected chi connectivity index (χ4v) is 4.29. The van der Waals surface area contributed by atoms with Gasteiger partial charge in [0.1, 0.15) is 11.5 Å². The van der Waals surface area contributed by atoms with Crippen molar-refractivity contribution in [2.75, 3.05) is 14.2 Å². The predicted molar refractivity (Wildman–Crippen MR) is 139 cm³/mol. The molecule has 0 bridgehead atoms. The zero-order chi connectivity index (χ0) is 23.3. The predicted octanol–water partition coefficient (Wildman–Crippen LogP) is 7.77. The average molecular weight is 444 g/mol. The Labute approximate surface area is 200 Å². The molecule has 0 saturated carbocycles. The number of hydrogen-bond donors (Lipinski definition) is 0. The second-order valence-corrected chi connectivity index (χ2v) is 7.91. The van der Waals surface area contributed by atoms with Crippen LogP contribution in [0.4, 0.5) is 0 Å².